The Morgan fingerprint density at radius 3 is 2.86 bits per heavy atom. The van der Waals surface area contributed by atoms with Crippen LogP contribution >= 0.6 is 11.8 Å². The molecule has 0 saturated carbocycles. The van der Waals surface area contributed by atoms with Crippen molar-refractivity contribution >= 4 is 50.7 Å². The molecule has 10 heteroatoms. The number of allylic oxidation sites excluding steroid dienone is 1. The van der Waals surface area contributed by atoms with Crippen LogP contribution in [-0.2, 0) is 4.74 Å². The van der Waals surface area contributed by atoms with Crippen molar-refractivity contribution in [3.8, 4) is 0 Å². The average molecular weight is 397 g/mol. The second-order valence-electron chi connectivity index (χ2n) is 5.88. The number of pyridine rings is 2. The molecule has 2 aromatic heterocycles. The van der Waals surface area contributed by atoms with Crippen LogP contribution in [0.15, 0.2) is 40.6 Å². The molecule has 0 atom stereocenters. The third kappa shape index (κ3) is 4.84. The average Bonchev–Trinajstić information content (AvgIpc) is 2.72. The van der Waals surface area contributed by atoms with Crippen LogP contribution in [0, 0.1) is 5.41 Å². The molecule has 146 valence electrons. The maximum absolute atomic E-state index is 8.15. The molecule has 0 bridgehead atoms. The second kappa shape index (κ2) is 9.29. The van der Waals surface area contributed by atoms with Gasteiger partial charge in [-0.05, 0) is 35.5 Å². The molecule has 0 aromatic carbocycles. The summed E-state index contributed by atoms with van der Waals surface area (Å²) in [6.07, 6.45) is 4.51. The number of rotatable bonds is 3. The summed E-state index contributed by atoms with van der Waals surface area (Å²) in [7, 11) is 1.65. The number of fused-ring (bicyclic) bond motifs is 1. The summed E-state index contributed by atoms with van der Waals surface area (Å²) < 4.78 is 5.29. The highest BCUT2D eigenvalue weighted by molar-refractivity contribution is 8.26. The number of aliphatic imine (C=N–C) groups is 2. The predicted octanol–water partition coefficient (Wildman–Crippen LogP) is 2.67. The number of thioether (sulfide) groups is 1. The van der Waals surface area contributed by atoms with Crippen molar-refractivity contribution in [2.24, 2.45) is 15.7 Å². The number of amidine groups is 2. The highest BCUT2D eigenvalue weighted by atomic mass is 32.2. The van der Waals surface area contributed by atoms with Gasteiger partial charge in [0.05, 0.1) is 24.2 Å². The Balaban J connectivity index is 1.80. The molecule has 0 unspecified atom stereocenters. The SMILES string of the molecule is CN=C/C(=C\[NH-])c1cnc2ccc(N=C(N)SC(=N)N3CCOCC3)nc2c1. The first-order chi connectivity index (χ1) is 13.6. The van der Waals surface area contributed by atoms with Crippen LogP contribution in [0.5, 0.6) is 0 Å². The smallest absolute Gasteiger partial charge is 0.168 e. The molecule has 0 spiro atoms. The van der Waals surface area contributed by atoms with Crippen LogP contribution in [0.2, 0.25) is 0 Å². The summed E-state index contributed by atoms with van der Waals surface area (Å²) in [5, 5.41) is 8.75. The largest absolute Gasteiger partial charge is 0.704 e. The lowest BCUT2D eigenvalue weighted by Crippen LogP contribution is -2.39. The van der Waals surface area contributed by atoms with Gasteiger partial charge in [-0.25, -0.2) is 9.98 Å². The first-order valence-corrected chi connectivity index (χ1v) is 9.42. The molecule has 1 saturated heterocycles. The lowest BCUT2D eigenvalue weighted by molar-refractivity contribution is 0.0691. The van der Waals surface area contributed by atoms with Crippen LogP contribution in [0.25, 0.3) is 22.3 Å². The molecular weight excluding hydrogens is 376 g/mol. The van der Waals surface area contributed by atoms with E-state index in [4.69, 9.17) is 21.6 Å². The third-order valence-electron chi connectivity index (χ3n) is 4.00. The van der Waals surface area contributed by atoms with Gasteiger partial charge in [0.15, 0.2) is 16.2 Å². The van der Waals surface area contributed by atoms with Crippen molar-refractivity contribution in [1.82, 2.24) is 14.9 Å². The van der Waals surface area contributed by atoms with Gasteiger partial charge in [-0.15, -0.1) is 0 Å². The zero-order chi connectivity index (χ0) is 19.9. The first kappa shape index (κ1) is 19.8. The van der Waals surface area contributed by atoms with Gasteiger partial charge in [-0.2, -0.15) is 6.20 Å². The van der Waals surface area contributed by atoms with E-state index in [1.54, 1.807) is 25.5 Å². The third-order valence-corrected chi connectivity index (χ3v) is 4.76. The molecule has 2 aromatic rings. The molecule has 1 aliphatic rings. The summed E-state index contributed by atoms with van der Waals surface area (Å²) in [5.74, 6) is 0.437. The fourth-order valence-corrected chi connectivity index (χ4v) is 3.26. The minimum Gasteiger partial charge on any atom is -0.704 e. The van der Waals surface area contributed by atoms with Crippen molar-refractivity contribution < 1.29 is 4.74 Å². The fourth-order valence-electron chi connectivity index (χ4n) is 2.62. The first-order valence-electron chi connectivity index (χ1n) is 8.60. The van der Waals surface area contributed by atoms with Crippen LogP contribution in [0.3, 0.4) is 0 Å². The van der Waals surface area contributed by atoms with Crippen LogP contribution in [0.1, 0.15) is 5.56 Å². The molecule has 1 aliphatic heterocycles. The van der Waals surface area contributed by atoms with E-state index in [-0.39, 0.29) is 5.17 Å². The van der Waals surface area contributed by atoms with Gasteiger partial charge in [0.1, 0.15) is 0 Å². The van der Waals surface area contributed by atoms with Crippen molar-refractivity contribution in [3.05, 3.63) is 41.9 Å². The van der Waals surface area contributed by atoms with E-state index in [2.05, 4.69) is 20.0 Å². The number of morpholine rings is 1. The maximum Gasteiger partial charge on any atom is 0.168 e. The summed E-state index contributed by atoms with van der Waals surface area (Å²) in [5.41, 5.74) is 16.3. The fraction of sp³-hybridized carbons (Fsp3) is 0.278. The van der Waals surface area contributed by atoms with Gasteiger partial charge in [-0.3, -0.25) is 15.4 Å². The lowest BCUT2D eigenvalue weighted by atomic mass is 10.1. The Hall–Kier alpha value is -2.98. The van der Waals surface area contributed by atoms with Gasteiger partial charge in [0.2, 0.25) is 0 Å². The Labute approximate surface area is 167 Å². The summed E-state index contributed by atoms with van der Waals surface area (Å²) >= 11 is 1.10. The van der Waals surface area contributed by atoms with E-state index >= 15 is 0 Å². The Morgan fingerprint density at radius 2 is 2.14 bits per heavy atom. The van der Waals surface area contributed by atoms with E-state index in [0.717, 1.165) is 17.3 Å². The Kier molecular flexibility index (Phi) is 6.56. The molecule has 1 fully saturated rings. The molecule has 9 nitrogen and oxygen atoms in total. The minimum atomic E-state index is 0.248. The number of ether oxygens (including phenoxy) is 1. The van der Waals surface area contributed by atoms with Crippen LogP contribution in [0.4, 0.5) is 5.82 Å². The minimum absolute atomic E-state index is 0.248. The summed E-state index contributed by atoms with van der Waals surface area (Å²) in [6, 6.07) is 5.38. The summed E-state index contributed by atoms with van der Waals surface area (Å²) in [4.78, 5) is 19.0. The summed E-state index contributed by atoms with van der Waals surface area (Å²) in [6.45, 7) is 2.57. The van der Waals surface area contributed by atoms with Gasteiger partial charge in [0.25, 0.3) is 0 Å². The highest BCUT2D eigenvalue weighted by Gasteiger charge is 2.15. The standard InChI is InChI=1S/C18H21N8OS/c1-22-10-13(9-19)12-8-15-14(23-11-12)2-3-16(24-15)25-17(20)28-18(21)26-4-6-27-7-5-26/h2-3,8-11,19,21H,4-7H2,1H3,(H2,20,24,25)/q-1/b13-9+,21-18?,22-10?. The molecule has 0 radical (unpaired) electrons. The van der Waals surface area contributed by atoms with E-state index < -0.39 is 0 Å². The Morgan fingerprint density at radius 1 is 1.36 bits per heavy atom. The topological polar surface area (TPSA) is 137 Å². The molecule has 28 heavy (non-hydrogen) atoms. The van der Waals surface area contributed by atoms with Crippen molar-refractivity contribution in [3.63, 3.8) is 0 Å². The number of nitrogens with two attached hydrogens (primary N) is 1. The van der Waals surface area contributed by atoms with Crippen molar-refractivity contribution in [2.45, 2.75) is 0 Å². The molecular formula is C18H21N8OS-. The van der Waals surface area contributed by atoms with E-state index in [1.807, 2.05) is 17.0 Å². The van der Waals surface area contributed by atoms with Gasteiger partial charge in [-0.1, -0.05) is 0 Å². The lowest BCUT2D eigenvalue weighted by Gasteiger charge is -2.28. The molecule has 0 aliphatic carbocycles. The second-order valence-corrected chi connectivity index (χ2v) is 6.88. The van der Waals surface area contributed by atoms with E-state index in [1.165, 1.54) is 6.20 Å². The van der Waals surface area contributed by atoms with Gasteiger partial charge in [0, 0.05) is 38.1 Å². The number of aromatic nitrogens is 2. The monoisotopic (exact) mass is 397 g/mol. The van der Waals surface area contributed by atoms with Crippen molar-refractivity contribution in [1.29, 1.82) is 5.41 Å². The van der Waals surface area contributed by atoms with Gasteiger partial charge < -0.3 is 21.1 Å². The predicted molar refractivity (Wildman–Crippen MR) is 115 cm³/mol. The normalized spacial score (nSPS) is 16.1. The quantitative estimate of drug-likeness (QED) is 0.603. The molecule has 3 heterocycles. The van der Waals surface area contributed by atoms with Gasteiger partial charge >= 0.3 is 0 Å². The number of hydrogen-bond acceptors (Lipinski definition) is 7. The number of nitrogens with zero attached hydrogens (tertiary/aromatic N) is 5. The van der Waals surface area contributed by atoms with Crippen LogP contribution < -0.4 is 5.73 Å². The Bertz CT molecular complexity index is 950. The number of hydrogen-bond donors (Lipinski definition) is 2. The van der Waals surface area contributed by atoms with E-state index in [0.29, 0.717) is 53.9 Å². The molecule has 3 rings (SSSR count). The maximum atomic E-state index is 8.15. The van der Waals surface area contributed by atoms with Crippen LogP contribution in [-0.4, -0.2) is 64.8 Å². The number of nitrogens with one attached hydrogen (secondary N) is 2. The van der Waals surface area contributed by atoms with E-state index in [9.17, 15) is 0 Å². The highest BCUT2D eigenvalue weighted by Crippen LogP contribution is 2.21. The molecule has 0 amide bonds. The van der Waals surface area contributed by atoms with Crippen molar-refractivity contribution in [2.75, 3.05) is 33.4 Å². The zero-order valence-corrected chi connectivity index (χ0v) is 16.2. The molecule has 4 N–H and O–H groups in total. The zero-order valence-electron chi connectivity index (χ0n) is 15.4.